The molecule has 0 amide bonds. The number of nitrogens with zero attached hydrogens (tertiary/aromatic N) is 3. The Morgan fingerprint density at radius 3 is 1.28 bits per heavy atom. The van der Waals surface area contributed by atoms with Crippen molar-refractivity contribution in [3.05, 3.63) is 200 Å². The van der Waals surface area contributed by atoms with Gasteiger partial charge in [-0.2, -0.15) is 0 Å². The minimum atomic E-state index is 0.914. The first-order valence-corrected chi connectivity index (χ1v) is 19.8. The molecule has 4 nitrogen and oxygen atoms in total. The Morgan fingerprint density at radius 2 is 0.638 bits per heavy atom. The number of hydrogen-bond acceptors (Lipinski definition) is 1. The molecule has 13 aromatic rings. The molecule has 58 heavy (non-hydrogen) atoms. The zero-order valence-electron chi connectivity index (χ0n) is 31.3. The third kappa shape index (κ3) is 4.40. The Kier molecular flexibility index (Phi) is 6.41. The van der Waals surface area contributed by atoms with Crippen LogP contribution in [0.25, 0.3) is 115 Å². The molecule has 0 aliphatic rings. The molecule has 4 aromatic heterocycles. The van der Waals surface area contributed by atoms with E-state index in [4.69, 9.17) is 4.42 Å². The van der Waals surface area contributed by atoms with Crippen LogP contribution in [0.15, 0.2) is 205 Å². The zero-order chi connectivity index (χ0) is 37.9. The first-order valence-electron chi connectivity index (χ1n) is 19.8. The lowest BCUT2D eigenvalue weighted by Crippen LogP contribution is -2.08. The molecule has 13 rings (SSSR count). The zero-order valence-corrected chi connectivity index (χ0v) is 31.3. The quantitative estimate of drug-likeness (QED) is 0.177. The Hall–Kier alpha value is -7.82. The summed E-state index contributed by atoms with van der Waals surface area (Å²) in [4.78, 5) is 0. The highest BCUT2D eigenvalue weighted by molar-refractivity contribution is 6.14. The molecule has 4 heteroatoms. The van der Waals surface area contributed by atoms with E-state index >= 15 is 0 Å². The van der Waals surface area contributed by atoms with Gasteiger partial charge in [0.1, 0.15) is 11.2 Å². The first kappa shape index (κ1) is 31.4. The van der Waals surface area contributed by atoms with Gasteiger partial charge in [0.2, 0.25) is 0 Å². The van der Waals surface area contributed by atoms with Crippen molar-refractivity contribution < 1.29 is 4.42 Å². The van der Waals surface area contributed by atoms with Gasteiger partial charge in [0.25, 0.3) is 0 Å². The molecule has 0 atom stereocenters. The average Bonchev–Trinajstić information content (AvgIpc) is 4.02. The van der Waals surface area contributed by atoms with Crippen molar-refractivity contribution in [2.45, 2.75) is 0 Å². The molecule has 0 unspecified atom stereocenters. The predicted molar refractivity (Wildman–Crippen MR) is 242 cm³/mol. The molecular formula is C54H33N3O. The molecule has 0 saturated heterocycles. The van der Waals surface area contributed by atoms with Gasteiger partial charge in [0.05, 0.1) is 33.1 Å². The van der Waals surface area contributed by atoms with Crippen LogP contribution >= 0.6 is 0 Å². The highest BCUT2D eigenvalue weighted by Crippen LogP contribution is 2.40. The van der Waals surface area contributed by atoms with E-state index in [1.807, 2.05) is 12.1 Å². The van der Waals surface area contributed by atoms with Crippen LogP contribution in [0.4, 0.5) is 0 Å². The lowest BCUT2D eigenvalue weighted by molar-refractivity contribution is 0.669. The van der Waals surface area contributed by atoms with E-state index in [-0.39, 0.29) is 0 Å². The minimum Gasteiger partial charge on any atom is -0.456 e. The Labute approximate surface area is 332 Å². The number of furan rings is 1. The number of rotatable bonds is 4. The number of para-hydroxylation sites is 5. The number of aromatic nitrogens is 3. The van der Waals surface area contributed by atoms with Gasteiger partial charge < -0.3 is 8.98 Å². The van der Waals surface area contributed by atoms with Crippen LogP contribution in [0.3, 0.4) is 0 Å². The van der Waals surface area contributed by atoms with Crippen LogP contribution in [-0.2, 0) is 0 Å². The summed E-state index contributed by atoms with van der Waals surface area (Å²) >= 11 is 0. The molecule has 0 fully saturated rings. The van der Waals surface area contributed by atoms with Crippen LogP contribution < -0.4 is 0 Å². The largest absolute Gasteiger partial charge is 0.456 e. The fraction of sp³-hybridized carbons (Fsp3) is 0. The van der Waals surface area contributed by atoms with Crippen molar-refractivity contribution in [2.24, 2.45) is 0 Å². The van der Waals surface area contributed by atoms with E-state index in [1.165, 1.54) is 87.7 Å². The predicted octanol–water partition coefficient (Wildman–Crippen LogP) is 14.5. The second kappa shape index (κ2) is 11.8. The first-order chi connectivity index (χ1) is 28.8. The normalized spacial score (nSPS) is 12.1. The number of benzene rings is 9. The van der Waals surface area contributed by atoms with Gasteiger partial charge in [-0.15, -0.1) is 0 Å². The van der Waals surface area contributed by atoms with Gasteiger partial charge in [-0.3, -0.25) is 0 Å². The Balaban J connectivity index is 0.937. The van der Waals surface area contributed by atoms with Gasteiger partial charge in [0.15, 0.2) is 0 Å². The summed E-state index contributed by atoms with van der Waals surface area (Å²) in [6.07, 6.45) is 0. The number of fused-ring (bicyclic) bond motifs is 12. The van der Waals surface area contributed by atoms with Gasteiger partial charge in [-0.05, 0) is 101 Å². The standard InChI is InChI=1S/C54H33N3O/c1-6-16-47-41(13-1)44-31-36(23-28-48(44)55(47)38-26-21-34(22-27-38)35-25-30-54-46(33-35)43-15-5-10-20-53(43)58-54)37-24-29-52-45(32-37)42-14-4-9-19-51(42)57(52)56-49-17-7-2-11-39(49)40-12-3-8-18-50(40)56/h1-33H. The molecular weight excluding hydrogens is 707 g/mol. The Bertz CT molecular complexity index is 3740. The maximum Gasteiger partial charge on any atom is 0.135 e. The van der Waals surface area contributed by atoms with Gasteiger partial charge in [-0.25, -0.2) is 9.35 Å². The van der Waals surface area contributed by atoms with Crippen molar-refractivity contribution in [2.75, 3.05) is 0 Å². The molecule has 0 saturated carbocycles. The summed E-state index contributed by atoms with van der Waals surface area (Å²) in [7, 11) is 0. The van der Waals surface area contributed by atoms with E-state index in [2.05, 4.69) is 202 Å². The summed E-state index contributed by atoms with van der Waals surface area (Å²) in [5.74, 6) is 0. The summed E-state index contributed by atoms with van der Waals surface area (Å²) < 4.78 is 13.3. The third-order valence-corrected chi connectivity index (χ3v) is 12.2. The summed E-state index contributed by atoms with van der Waals surface area (Å²) in [5.41, 5.74) is 14.8. The molecule has 9 aromatic carbocycles. The maximum absolute atomic E-state index is 6.10. The molecule has 4 heterocycles. The van der Waals surface area contributed by atoms with Crippen LogP contribution in [0.1, 0.15) is 0 Å². The molecule has 0 aliphatic carbocycles. The SMILES string of the molecule is c1ccc2c(c1)oc1ccc(-c3ccc(-n4c5ccccc5c5cc(-c6ccc7c(c6)c6ccccc6n7-n6c7ccccc7c7ccccc76)ccc54)cc3)cc12. The van der Waals surface area contributed by atoms with Crippen LogP contribution in [0.5, 0.6) is 0 Å². The molecule has 0 spiro atoms. The molecule has 0 radical (unpaired) electrons. The van der Waals surface area contributed by atoms with Crippen LogP contribution in [0, 0.1) is 0 Å². The van der Waals surface area contributed by atoms with E-state index in [1.54, 1.807) is 0 Å². The van der Waals surface area contributed by atoms with E-state index in [0.29, 0.717) is 0 Å². The minimum absolute atomic E-state index is 0.914. The molecule has 0 aliphatic heterocycles. The maximum atomic E-state index is 6.10. The summed E-state index contributed by atoms with van der Waals surface area (Å²) in [5, 5.41) is 9.75. The molecule has 270 valence electrons. The van der Waals surface area contributed by atoms with Crippen molar-refractivity contribution in [3.63, 3.8) is 0 Å². The van der Waals surface area contributed by atoms with E-state index in [9.17, 15) is 0 Å². The van der Waals surface area contributed by atoms with E-state index < -0.39 is 0 Å². The highest BCUT2D eigenvalue weighted by atomic mass is 16.3. The summed E-state index contributed by atoms with van der Waals surface area (Å²) in [6.45, 7) is 0. The monoisotopic (exact) mass is 739 g/mol. The fourth-order valence-electron chi connectivity index (χ4n) is 9.60. The van der Waals surface area contributed by atoms with E-state index in [0.717, 1.165) is 27.6 Å². The summed E-state index contributed by atoms with van der Waals surface area (Å²) in [6, 6.07) is 72.6. The van der Waals surface area contributed by atoms with Crippen molar-refractivity contribution in [3.8, 4) is 27.9 Å². The number of hydrogen-bond donors (Lipinski definition) is 0. The van der Waals surface area contributed by atoms with Gasteiger partial charge in [0, 0.05) is 48.8 Å². The lowest BCUT2D eigenvalue weighted by atomic mass is 10.0. The highest BCUT2D eigenvalue weighted by Gasteiger charge is 2.19. The second-order valence-electron chi connectivity index (χ2n) is 15.3. The van der Waals surface area contributed by atoms with Crippen molar-refractivity contribution in [1.29, 1.82) is 0 Å². The third-order valence-electron chi connectivity index (χ3n) is 12.2. The average molecular weight is 740 g/mol. The fourth-order valence-corrected chi connectivity index (χ4v) is 9.60. The van der Waals surface area contributed by atoms with Crippen LogP contribution in [-0.4, -0.2) is 13.9 Å². The topological polar surface area (TPSA) is 27.9 Å². The Morgan fingerprint density at radius 1 is 0.259 bits per heavy atom. The van der Waals surface area contributed by atoms with Crippen molar-refractivity contribution >= 4 is 87.4 Å². The lowest BCUT2D eigenvalue weighted by Gasteiger charge is -2.13. The second-order valence-corrected chi connectivity index (χ2v) is 15.3. The van der Waals surface area contributed by atoms with Gasteiger partial charge in [-0.1, -0.05) is 121 Å². The van der Waals surface area contributed by atoms with Crippen LogP contribution in [0.2, 0.25) is 0 Å². The molecule has 0 N–H and O–H groups in total. The van der Waals surface area contributed by atoms with Gasteiger partial charge >= 0.3 is 0 Å². The van der Waals surface area contributed by atoms with Crippen molar-refractivity contribution in [1.82, 2.24) is 13.9 Å². The molecule has 0 bridgehead atoms. The smallest absolute Gasteiger partial charge is 0.135 e.